The van der Waals surface area contributed by atoms with Crippen molar-refractivity contribution in [2.45, 2.75) is 31.8 Å². The van der Waals surface area contributed by atoms with Crippen molar-refractivity contribution in [3.63, 3.8) is 0 Å². The molecule has 3 rings (SSSR count). The summed E-state index contributed by atoms with van der Waals surface area (Å²) in [5.41, 5.74) is 0.409. The third-order valence-corrected chi connectivity index (χ3v) is 4.98. The minimum absolute atomic E-state index is 0.0880. The molecular weight excluding hydrogens is 376 g/mol. The van der Waals surface area contributed by atoms with Gasteiger partial charge in [0.15, 0.2) is 11.5 Å². The molecule has 1 amide bonds. The first kappa shape index (κ1) is 21.1. The van der Waals surface area contributed by atoms with Crippen LogP contribution in [0.1, 0.15) is 29.6 Å². The van der Waals surface area contributed by atoms with Crippen molar-refractivity contribution < 1.29 is 23.7 Å². The maximum atomic E-state index is 13.3. The van der Waals surface area contributed by atoms with Gasteiger partial charge in [-0.05, 0) is 37.5 Å². The van der Waals surface area contributed by atoms with Crippen LogP contribution in [0, 0.1) is 0 Å². The monoisotopic (exact) mass is 404 g/mol. The third-order valence-electron chi connectivity index (χ3n) is 4.98. The summed E-state index contributed by atoms with van der Waals surface area (Å²) in [5.74, 6) is 0.676. The van der Waals surface area contributed by atoms with Gasteiger partial charge in [-0.2, -0.15) is 0 Å². The van der Waals surface area contributed by atoms with Crippen LogP contribution in [0.3, 0.4) is 0 Å². The van der Waals surface area contributed by atoms with Crippen molar-refractivity contribution in [1.29, 1.82) is 0 Å². The third kappa shape index (κ3) is 4.54. The summed E-state index contributed by atoms with van der Waals surface area (Å²) in [5, 5.41) is 3.58. The Kier molecular flexibility index (Phi) is 7.11. The number of pyridine rings is 1. The fraction of sp³-hybridized carbons (Fsp3) is 0.524. The number of carbonyl (C=O) groups excluding carboxylic acids is 1. The molecule has 0 aliphatic carbocycles. The Morgan fingerprint density at radius 1 is 1.17 bits per heavy atom. The molecule has 0 saturated carbocycles. The van der Waals surface area contributed by atoms with E-state index in [1.54, 1.807) is 38.0 Å². The lowest BCUT2D eigenvalue weighted by atomic mass is 10.1. The standard InChI is InChI=1S/C21H28N2O6/c1-26-12-15(13-27-2)22-20(24)16-11-14-7-8-17(28-3)19-18(14)23(21(16)25)9-5-4-6-10-29-19/h7-8,11,15H,4-6,9-10,12-13H2,1-3H3,(H,22,24). The second kappa shape index (κ2) is 9.76. The SMILES string of the molecule is COCC(COC)NC(=O)c1cc2ccc(OC)c3c2n(c1=O)CCCCCO3. The minimum Gasteiger partial charge on any atom is -0.493 e. The molecule has 0 bridgehead atoms. The van der Waals surface area contributed by atoms with Crippen LogP contribution in [0.4, 0.5) is 0 Å². The number of nitrogens with one attached hydrogen (secondary N) is 1. The molecule has 8 heteroatoms. The molecular formula is C21H28N2O6. The van der Waals surface area contributed by atoms with Crippen molar-refractivity contribution in [3.8, 4) is 11.5 Å². The molecule has 0 spiro atoms. The minimum atomic E-state index is -0.446. The smallest absolute Gasteiger partial charge is 0.264 e. The highest BCUT2D eigenvalue weighted by Gasteiger charge is 2.22. The molecule has 1 aromatic heterocycles. The zero-order valence-corrected chi connectivity index (χ0v) is 17.2. The molecule has 0 saturated heterocycles. The normalized spacial score (nSPS) is 14.1. The number of hydrogen-bond donors (Lipinski definition) is 1. The quantitative estimate of drug-likeness (QED) is 0.759. The molecule has 1 aliphatic heterocycles. The van der Waals surface area contributed by atoms with Gasteiger partial charge in [-0.15, -0.1) is 0 Å². The van der Waals surface area contributed by atoms with Crippen LogP contribution in [0.15, 0.2) is 23.0 Å². The Hall–Kier alpha value is -2.58. The van der Waals surface area contributed by atoms with Crippen molar-refractivity contribution >= 4 is 16.8 Å². The first-order chi connectivity index (χ1) is 14.1. The molecule has 29 heavy (non-hydrogen) atoms. The lowest BCUT2D eigenvalue weighted by Gasteiger charge is -2.19. The van der Waals surface area contributed by atoms with Gasteiger partial charge in [-0.1, -0.05) is 0 Å². The number of benzene rings is 1. The Labute approximate surface area is 169 Å². The molecule has 1 aliphatic rings. The van der Waals surface area contributed by atoms with Crippen LogP contribution in [0.25, 0.3) is 10.9 Å². The van der Waals surface area contributed by atoms with E-state index in [-0.39, 0.29) is 30.4 Å². The maximum Gasteiger partial charge on any atom is 0.264 e. The van der Waals surface area contributed by atoms with E-state index < -0.39 is 5.91 Å². The highest BCUT2D eigenvalue weighted by Crippen LogP contribution is 2.36. The number of amides is 1. The number of carbonyl (C=O) groups is 1. The zero-order valence-electron chi connectivity index (χ0n) is 17.2. The van der Waals surface area contributed by atoms with Crippen LogP contribution in [-0.2, 0) is 16.0 Å². The topological polar surface area (TPSA) is 88.0 Å². The van der Waals surface area contributed by atoms with E-state index in [2.05, 4.69) is 5.32 Å². The second-order valence-electron chi connectivity index (χ2n) is 7.04. The van der Waals surface area contributed by atoms with Crippen molar-refractivity contribution in [3.05, 3.63) is 34.1 Å². The molecule has 0 atom stereocenters. The molecule has 0 unspecified atom stereocenters. The van der Waals surface area contributed by atoms with Crippen LogP contribution in [0.2, 0.25) is 0 Å². The summed E-state index contributed by atoms with van der Waals surface area (Å²) in [7, 11) is 4.67. The first-order valence-corrected chi connectivity index (χ1v) is 9.76. The van der Waals surface area contributed by atoms with Gasteiger partial charge < -0.3 is 28.8 Å². The molecule has 1 aromatic carbocycles. The van der Waals surface area contributed by atoms with E-state index in [1.807, 2.05) is 6.07 Å². The summed E-state index contributed by atoms with van der Waals surface area (Å²) < 4.78 is 23.3. The predicted octanol–water partition coefficient (Wildman–Crippen LogP) is 1.96. The van der Waals surface area contributed by atoms with E-state index in [1.165, 1.54) is 0 Å². The second-order valence-corrected chi connectivity index (χ2v) is 7.04. The van der Waals surface area contributed by atoms with Crippen molar-refractivity contribution in [2.24, 2.45) is 0 Å². The number of rotatable bonds is 7. The highest BCUT2D eigenvalue weighted by atomic mass is 16.5. The number of ether oxygens (including phenoxy) is 4. The predicted molar refractivity (Wildman–Crippen MR) is 109 cm³/mol. The van der Waals surface area contributed by atoms with Crippen LogP contribution in [0.5, 0.6) is 11.5 Å². The van der Waals surface area contributed by atoms with Gasteiger partial charge in [0.25, 0.3) is 11.5 Å². The molecule has 2 heterocycles. The lowest BCUT2D eigenvalue weighted by molar-refractivity contribution is 0.0777. The van der Waals surface area contributed by atoms with Gasteiger partial charge in [0.2, 0.25) is 0 Å². The molecule has 158 valence electrons. The number of aromatic nitrogens is 1. The van der Waals surface area contributed by atoms with E-state index in [0.29, 0.717) is 30.2 Å². The number of nitrogens with zero attached hydrogens (tertiary/aromatic N) is 1. The first-order valence-electron chi connectivity index (χ1n) is 9.76. The summed E-state index contributed by atoms with van der Waals surface area (Å²) in [6.45, 7) is 1.65. The van der Waals surface area contributed by atoms with E-state index in [0.717, 1.165) is 24.6 Å². The number of hydrogen-bond acceptors (Lipinski definition) is 6. The van der Waals surface area contributed by atoms with Crippen LogP contribution in [-0.4, -0.2) is 57.7 Å². The Morgan fingerprint density at radius 2 is 1.93 bits per heavy atom. The average molecular weight is 404 g/mol. The van der Waals surface area contributed by atoms with E-state index in [4.69, 9.17) is 18.9 Å². The summed E-state index contributed by atoms with van der Waals surface area (Å²) in [6.07, 6.45) is 2.66. The van der Waals surface area contributed by atoms with Gasteiger partial charge in [0.1, 0.15) is 5.56 Å². The lowest BCUT2D eigenvalue weighted by Crippen LogP contribution is -2.43. The average Bonchev–Trinajstić information content (AvgIpc) is 2.82. The number of aryl methyl sites for hydroxylation is 1. The molecule has 2 aromatic rings. The highest BCUT2D eigenvalue weighted by molar-refractivity contribution is 5.99. The molecule has 0 radical (unpaired) electrons. The molecule has 8 nitrogen and oxygen atoms in total. The van der Waals surface area contributed by atoms with E-state index >= 15 is 0 Å². The molecule has 1 N–H and O–H groups in total. The van der Waals surface area contributed by atoms with Crippen molar-refractivity contribution in [1.82, 2.24) is 9.88 Å². The van der Waals surface area contributed by atoms with Gasteiger partial charge in [0.05, 0.1) is 38.5 Å². The van der Waals surface area contributed by atoms with Gasteiger partial charge in [0, 0.05) is 26.2 Å². The maximum absolute atomic E-state index is 13.3. The summed E-state index contributed by atoms with van der Waals surface area (Å²) >= 11 is 0. The van der Waals surface area contributed by atoms with Gasteiger partial charge in [-0.25, -0.2) is 0 Å². The van der Waals surface area contributed by atoms with Crippen LogP contribution < -0.4 is 20.3 Å². The van der Waals surface area contributed by atoms with Crippen LogP contribution >= 0.6 is 0 Å². The Bertz CT molecular complexity index is 918. The summed E-state index contributed by atoms with van der Waals surface area (Å²) in [4.78, 5) is 26.2. The van der Waals surface area contributed by atoms with Gasteiger partial charge in [-0.3, -0.25) is 9.59 Å². The molecule has 0 fully saturated rings. The number of methoxy groups -OCH3 is 3. The fourth-order valence-corrected chi connectivity index (χ4v) is 3.62. The van der Waals surface area contributed by atoms with Gasteiger partial charge >= 0.3 is 0 Å². The van der Waals surface area contributed by atoms with E-state index in [9.17, 15) is 9.59 Å². The Morgan fingerprint density at radius 3 is 2.62 bits per heavy atom. The fourth-order valence-electron chi connectivity index (χ4n) is 3.62. The largest absolute Gasteiger partial charge is 0.493 e. The summed E-state index contributed by atoms with van der Waals surface area (Å²) in [6, 6.07) is 4.90. The van der Waals surface area contributed by atoms with Crippen molar-refractivity contribution in [2.75, 3.05) is 41.2 Å². The Balaban J connectivity index is 2.10. The zero-order chi connectivity index (χ0) is 20.8.